The molecule has 0 amide bonds. The maximum absolute atomic E-state index is 12.7. The first kappa shape index (κ1) is 16.7. The molecule has 0 aromatic heterocycles. The van der Waals surface area contributed by atoms with Crippen LogP contribution in [0.2, 0.25) is 0 Å². The lowest BCUT2D eigenvalue weighted by Gasteiger charge is -2.46. The van der Waals surface area contributed by atoms with Crippen LogP contribution in [-0.4, -0.2) is 56.1 Å². The summed E-state index contributed by atoms with van der Waals surface area (Å²) in [5.41, 5.74) is 0. The smallest absolute Gasteiger partial charge is 0.243 e. The van der Waals surface area contributed by atoms with Crippen LogP contribution in [0.3, 0.4) is 0 Å². The Kier molecular flexibility index (Phi) is 4.31. The second-order valence-corrected chi connectivity index (χ2v) is 10.5. The number of rotatable bonds is 6. The van der Waals surface area contributed by atoms with Crippen molar-refractivity contribution in [2.24, 2.45) is 5.92 Å². The van der Waals surface area contributed by atoms with E-state index < -0.39 is 10.0 Å². The van der Waals surface area contributed by atoms with E-state index in [9.17, 15) is 8.42 Å². The van der Waals surface area contributed by atoms with E-state index in [1.807, 2.05) is 11.8 Å². The van der Waals surface area contributed by atoms with Gasteiger partial charge >= 0.3 is 0 Å². The molecule has 0 radical (unpaired) electrons. The maximum Gasteiger partial charge on any atom is 0.243 e. The molecule has 1 spiro atoms. The Bertz CT molecular complexity index is 694. The van der Waals surface area contributed by atoms with Crippen LogP contribution in [0.15, 0.2) is 29.2 Å². The van der Waals surface area contributed by atoms with Crippen molar-refractivity contribution >= 4 is 21.8 Å². The lowest BCUT2D eigenvalue weighted by Crippen LogP contribution is -2.60. The third-order valence-corrected chi connectivity index (χ3v) is 8.45. The van der Waals surface area contributed by atoms with E-state index in [-0.39, 0.29) is 4.75 Å². The number of hydrogen-bond acceptors (Lipinski definition) is 5. The molecule has 1 aromatic rings. The first-order valence-corrected chi connectivity index (χ1v) is 10.8. The maximum atomic E-state index is 12.7. The SMILES string of the molecule is COc1ccc(S(=O)(=O)N2CC3(C[C@@H](OCC4CC4)CS3)C2)cc1. The van der Waals surface area contributed by atoms with Crippen LogP contribution in [0.25, 0.3) is 0 Å². The average Bonchev–Trinajstić information content (AvgIpc) is 3.28. The highest BCUT2D eigenvalue weighted by Crippen LogP contribution is 2.48. The molecule has 4 rings (SSSR count). The minimum atomic E-state index is -3.40. The molecule has 2 saturated heterocycles. The van der Waals surface area contributed by atoms with Crippen molar-refractivity contribution in [3.63, 3.8) is 0 Å². The largest absolute Gasteiger partial charge is 0.497 e. The van der Waals surface area contributed by atoms with Crippen molar-refractivity contribution in [2.45, 2.75) is 35.0 Å². The summed E-state index contributed by atoms with van der Waals surface area (Å²) in [6.45, 7) is 2.07. The van der Waals surface area contributed by atoms with Crippen LogP contribution in [0.4, 0.5) is 0 Å². The molecule has 7 heteroatoms. The van der Waals surface area contributed by atoms with E-state index >= 15 is 0 Å². The Labute approximate surface area is 147 Å². The van der Waals surface area contributed by atoms with Crippen LogP contribution in [0.5, 0.6) is 5.75 Å². The van der Waals surface area contributed by atoms with Crippen molar-refractivity contribution in [3.8, 4) is 5.75 Å². The zero-order chi connectivity index (χ0) is 16.8. The number of nitrogens with zero attached hydrogens (tertiary/aromatic N) is 1. The van der Waals surface area contributed by atoms with Gasteiger partial charge in [0.25, 0.3) is 0 Å². The second-order valence-electron chi connectivity index (χ2n) is 7.05. The summed E-state index contributed by atoms with van der Waals surface area (Å²) in [7, 11) is -1.83. The highest BCUT2D eigenvalue weighted by atomic mass is 32.2. The van der Waals surface area contributed by atoms with Gasteiger partial charge in [-0.1, -0.05) is 0 Å². The lowest BCUT2D eigenvalue weighted by atomic mass is 9.95. The minimum Gasteiger partial charge on any atom is -0.497 e. The van der Waals surface area contributed by atoms with Crippen LogP contribution >= 0.6 is 11.8 Å². The molecule has 0 bridgehead atoms. The molecule has 0 unspecified atom stereocenters. The normalized spacial score (nSPS) is 26.5. The third-order valence-electron chi connectivity index (χ3n) is 5.07. The molecular weight excluding hydrogens is 346 g/mol. The topological polar surface area (TPSA) is 55.8 Å². The zero-order valence-corrected chi connectivity index (χ0v) is 15.4. The Balaban J connectivity index is 1.35. The molecule has 1 saturated carbocycles. The van der Waals surface area contributed by atoms with E-state index in [1.54, 1.807) is 35.7 Å². The van der Waals surface area contributed by atoms with Gasteiger partial charge in [0.15, 0.2) is 0 Å². The van der Waals surface area contributed by atoms with Gasteiger partial charge in [-0.25, -0.2) is 8.42 Å². The molecule has 3 fully saturated rings. The van der Waals surface area contributed by atoms with Crippen LogP contribution in [0.1, 0.15) is 19.3 Å². The minimum absolute atomic E-state index is 0.0633. The fourth-order valence-electron chi connectivity index (χ4n) is 3.35. The molecule has 2 aliphatic heterocycles. The van der Waals surface area contributed by atoms with Gasteiger partial charge in [-0.2, -0.15) is 4.31 Å². The van der Waals surface area contributed by atoms with Gasteiger partial charge in [-0.05, 0) is 49.4 Å². The number of sulfonamides is 1. The summed E-state index contributed by atoms with van der Waals surface area (Å²) in [6, 6.07) is 6.61. The summed E-state index contributed by atoms with van der Waals surface area (Å²) in [6.07, 6.45) is 3.87. The number of ether oxygens (including phenoxy) is 2. The van der Waals surface area contributed by atoms with Crippen molar-refractivity contribution in [1.82, 2.24) is 4.31 Å². The summed E-state index contributed by atoms with van der Waals surface area (Å²) >= 11 is 1.88. The molecule has 1 aliphatic carbocycles. The van der Waals surface area contributed by atoms with Crippen molar-refractivity contribution < 1.29 is 17.9 Å². The number of thioether (sulfide) groups is 1. The first-order chi connectivity index (χ1) is 11.5. The first-order valence-electron chi connectivity index (χ1n) is 8.41. The summed E-state index contributed by atoms with van der Waals surface area (Å²) in [5.74, 6) is 2.43. The van der Waals surface area contributed by atoms with Crippen LogP contribution in [0, 0.1) is 5.92 Å². The van der Waals surface area contributed by atoms with Crippen molar-refractivity contribution in [1.29, 1.82) is 0 Å². The number of hydrogen-bond donors (Lipinski definition) is 0. The van der Waals surface area contributed by atoms with Gasteiger partial charge in [0.05, 0.1) is 18.1 Å². The fourth-order valence-corrected chi connectivity index (χ4v) is 6.68. The standard InChI is InChI=1S/C17H23NO4S2/c1-21-14-4-6-16(7-5-14)24(19,20)18-11-17(12-18)8-15(10-23-17)22-9-13-2-3-13/h4-7,13,15H,2-3,8-12H2,1H3/t15-/m1/s1. The fraction of sp³-hybridized carbons (Fsp3) is 0.647. The summed E-state index contributed by atoms with van der Waals surface area (Å²) < 4.78 is 38.1. The molecule has 2 heterocycles. The highest BCUT2D eigenvalue weighted by molar-refractivity contribution is 8.01. The van der Waals surface area contributed by atoms with E-state index in [0.29, 0.717) is 29.8 Å². The van der Waals surface area contributed by atoms with Gasteiger partial charge in [0.2, 0.25) is 10.0 Å². The Morgan fingerprint density at radius 1 is 1.25 bits per heavy atom. The molecule has 3 aliphatic rings. The van der Waals surface area contributed by atoms with Gasteiger partial charge in [0, 0.05) is 30.2 Å². The molecule has 1 aromatic carbocycles. The van der Waals surface area contributed by atoms with E-state index in [2.05, 4.69) is 0 Å². The second kappa shape index (κ2) is 6.20. The lowest BCUT2D eigenvalue weighted by molar-refractivity contribution is 0.0446. The quantitative estimate of drug-likeness (QED) is 0.771. The number of methoxy groups -OCH3 is 1. The van der Waals surface area contributed by atoms with E-state index in [0.717, 1.165) is 24.7 Å². The molecule has 132 valence electrons. The van der Waals surface area contributed by atoms with Crippen molar-refractivity contribution in [3.05, 3.63) is 24.3 Å². The predicted octanol–water partition coefficient (Wildman–Crippen LogP) is 2.37. The highest BCUT2D eigenvalue weighted by Gasteiger charge is 2.53. The van der Waals surface area contributed by atoms with E-state index in [1.165, 1.54) is 12.8 Å². The Morgan fingerprint density at radius 2 is 1.96 bits per heavy atom. The van der Waals surface area contributed by atoms with Gasteiger partial charge in [0.1, 0.15) is 5.75 Å². The third kappa shape index (κ3) is 3.19. The van der Waals surface area contributed by atoms with Crippen LogP contribution < -0.4 is 4.74 Å². The molecular formula is C17H23NO4S2. The molecule has 24 heavy (non-hydrogen) atoms. The zero-order valence-electron chi connectivity index (χ0n) is 13.8. The Morgan fingerprint density at radius 3 is 2.58 bits per heavy atom. The van der Waals surface area contributed by atoms with Crippen LogP contribution in [-0.2, 0) is 14.8 Å². The average molecular weight is 370 g/mol. The van der Waals surface area contributed by atoms with Gasteiger partial charge in [-0.3, -0.25) is 0 Å². The summed E-state index contributed by atoms with van der Waals surface area (Å²) in [5, 5.41) is 0. The predicted molar refractivity (Wildman–Crippen MR) is 94.0 cm³/mol. The molecule has 5 nitrogen and oxygen atoms in total. The number of benzene rings is 1. The summed E-state index contributed by atoms with van der Waals surface area (Å²) in [4.78, 5) is 0.336. The molecule has 1 atom stereocenters. The van der Waals surface area contributed by atoms with E-state index in [4.69, 9.17) is 9.47 Å². The monoisotopic (exact) mass is 369 g/mol. The van der Waals surface area contributed by atoms with Gasteiger partial charge < -0.3 is 9.47 Å². The Hall–Kier alpha value is -0.760. The van der Waals surface area contributed by atoms with Crippen molar-refractivity contribution in [2.75, 3.05) is 32.6 Å². The van der Waals surface area contributed by atoms with Gasteiger partial charge in [-0.15, -0.1) is 11.8 Å². The molecule has 0 N–H and O–H groups in total.